The third kappa shape index (κ3) is 4.25. The summed E-state index contributed by atoms with van der Waals surface area (Å²) >= 11 is 6.15. The fourth-order valence-electron chi connectivity index (χ4n) is 2.58. The summed E-state index contributed by atoms with van der Waals surface area (Å²) in [6.45, 7) is 2.79. The predicted molar refractivity (Wildman–Crippen MR) is 82.4 cm³/mol. The van der Waals surface area contributed by atoms with E-state index in [2.05, 4.69) is 11.0 Å². The molecule has 0 saturated carbocycles. The zero-order valence-electron chi connectivity index (χ0n) is 11.3. The van der Waals surface area contributed by atoms with E-state index in [1.807, 2.05) is 12.1 Å². The highest BCUT2D eigenvalue weighted by Gasteiger charge is 2.21. The van der Waals surface area contributed by atoms with Gasteiger partial charge in [-0.3, -0.25) is 4.90 Å². The fraction of sp³-hybridized carbons (Fsp3) is 0.571. The Balaban J connectivity index is 0.00000180. The number of likely N-dealkylation sites (tertiary alicyclic amines) is 1. The maximum atomic E-state index is 6.15. The summed E-state index contributed by atoms with van der Waals surface area (Å²) in [4.78, 5) is 2.46. The molecule has 1 fully saturated rings. The van der Waals surface area contributed by atoms with Gasteiger partial charge in [-0.15, -0.1) is 12.4 Å². The van der Waals surface area contributed by atoms with E-state index in [9.17, 15) is 0 Å². The van der Waals surface area contributed by atoms with Gasteiger partial charge < -0.3 is 10.5 Å². The Hall–Kier alpha value is -0.480. The van der Waals surface area contributed by atoms with Crippen LogP contribution in [0.1, 0.15) is 24.8 Å². The van der Waals surface area contributed by atoms with E-state index in [1.165, 1.54) is 24.8 Å². The molecule has 0 spiro atoms. The molecule has 2 rings (SSSR count). The molecule has 1 atom stereocenters. The second-order valence-corrected chi connectivity index (χ2v) is 5.23. The Morgan fingerprint density at radius 3 is 2.84 bits per heavy atom. The zero-order valence-corrected chi connectivity index (χ0v) is 12.8. The summed E-state index contributed by atoms with van der Waals surface area (Å²) in [7, 11) is 1.63. The van der Waals surface area contributed by atoms with Crippen molar-refractivity contribution in [2.75, 3.05) is 20.2 Å². The van der Waals surface area contributed by atoms with E-state index < -0.39 is 0 Å². The lowest BCUT2D eigenvalue weighted by Crippen LogP contribution is -2.43. The number of hydrogen-bond acceptors (Lipinski definition) is 3. The van der Waals surface area contributed by atoms with Gasteiger partial charge in [0.2, 0.25) is 0 Å². The molecular formula is C14H22Cl2N2O. The van der Waals surface area contributed by atoms with E-state index in [4.69, 9.17) is 22.1 Å². The fourth-order valence-corrected chi connectivity index (χ4v) is 2.86. The maximum absolute atomic E-state index is 6.15. The zero-order chi connectivity index (χ0) is 13.0. The minimum Gasteiger partial charge on any atom is -0.495 e. The van der Waals surface area contributed by atoms with Crippen molar-refractivity contribution in [2.24, 2.45) is 5.73 Å². The molecule has 0 aliphatic carbocycles. The highest BCUT2D eigenvalue weighted by atomic mass is 35.5. The van der Waals surface area contributed by atoms with Crippen LogP contribution in [-0.4, -0.2) is 31.1 Å². The van der Waals surface area contributed by atoms with Crippen molar-refractivity contribution in [1.82, 2.24) is 4.90 Å². The average Bonchev–Trinajstić information content (AvgIpc) is 2.39. The Morgan fingerprint density at radius 2 is 2.21 bits per heavy atom. The second kappa shape index (κ2) is 7.95. The lowest BCUT2D eigenvalue weighted by molar-refractivity contribution is 0.145. The Labute approximate surface area is 126 Å². The van der Waals surface area contributed by atoms with Crippen LogP contribution in [0, 0.1) is 0 Å². The molecule has 1 aliphatic rings. The molecular weight excluding hydrogens is 283 g/mol. The Kier molecular flexibility index (Phi) is 6.94. The Bertz CT molecular complexity index is 401. The van der Waals surface area contributed by atoms with Gasteiger partial charge in [-0.25, -0.2) is 0 Å². The van der Waals surface area contributed by atoms with Crippen LogP contribution in [0.5, 0.6) is 5.75 Å². The molecule has 5 heteroatoms. The normalized spacial score (nSPS) is 19.8. The van der Waals surface area contributed by atoms with E-state index in [0.29, 0.717) is 11.1 Å². The molecule has 0 radical (unpaired) electrons. The van der Waals surface area contributed by atoms with Gasteiger partial charge in [-0.1, -0.05) is 24.1 Å². The number of halogens is 2. The third-order valence-electron chi connectivity index (χ3n) is 3.62. The van der Waals surface area contributed by atoms with Crippen molar-refractivity contribution in [3.63, 3.8) is 0 Å². The van der Waals surface area contributed by atoms with Crippen molar-refractivity contribution in [3.8, 4) is 5.75 Å². The lowest BCUT2D eigenvalue weighted by atomic mass is 10.0. The van der Waals surface area contributed by atoms with Crippen LogP contribution in [0.4, 0.5) is 0 Å². The monoisotopic (exact) mass is 304 g/mol. The molecule has 1 aliphatic heterocycles. The summed E-state index contributed by atoms with van der Waals surface area (Å²) in [5, 5.41) is 0.677. The molecule has 2 N–H and O–H groups in total. The number of piperidine rings is 1. The minimum atomic E-state index is 0. The van der Waals surface area contributed by atoms with Crippen molar-refractivity contribution in [3.05, 3.63) is 28.8 Å². The molecule has 3 nitrogen and oxygen atoms in total. The van der Waals surface area contributed by atoms with Crippen LogP contribution in [0.25, 0.3) is 0 Å². The number of methoxy groups -OCH3 is 1. The number of ether oxygens (including phenoxy) is 1. The summed E-state index contributed by atoms with van der Waals surface area (Å²) < 4.78 is 5.17. The van der Waals surface area contributed by atoms with Crippen LogP contribution in [0.3, 0.4) is 0 Å². The van der Waals surface area contributed by atoms with Gasteiger partial charge in [0.05, 0.1) is 12.1 Å². The average molecular weight is 305 g/mol. The predicted octanol–water partition coefficient (Wildman–Crippen LogP) is 3.08. The van der Waals surface area contributed by atoms with Crippen LogP contribution in [0.15, 0.2) is 18.2 Å². The topological polar surface area (TPSA) is 38.5 Å². The van der Waals surface area contributed by atoms with Crippen LogP contribution in [-0.2, 0) is 6.54 Å². The van der Waals surface area contributed by atoms with Gasteiger partial charge in [-0.05, 0) is 37.1 Å². The molecule has 1 heterocycles. The summed E-state index contributed by atoms with van der Waals surface area (Å²) in [6, 6.07) is 6.51. The number of nitrogens with two attached hydrogens (primary N) is 1. The second-order valence-electron chi connectivity index (χ2n) is 4.82. The molecule has 0 aromatic heterocycles. The molecule has 1 aromatic carbocycles. The quantitative estimate of drug-likeness (QED) is 0.929. The third-order valence-corrected chi connectivity index (χ3v) is 3.92. The number of hydrogen-bond donors (Lipinski definition) is 1. The number of nitrogens with zero attached hydrogens (tertiary/aromatic N) is 1. The van der Waals surface area contributed by atoms with Gasteiger partial charge in [0.1, 0.15) is 5.75 Å². The standard InChI is InChI=1S/C14H21ClN2O.ClH/c1-18-14-6-5-11(8-13(14)15)10-17-7-3-2-4-12(17)9-16;/h5-6,8,12H,2-4,7,9-10,16H2,1H3;1H. The SMILES string of the molecule is COc1ccc(CN2CCCCC2CN)cc1Cl.Cl. The Morgan fingerprint density at radius 1 is 1.42 bits per heavy atom. The first-order valence-corrected chi connectivity index (χ1v) is 6.89. The van der Waals surface area contributed by atoms with Crippen molar-refractivity contribution in [2.45, 2.75) is 31.8 Å². The lowest BCUT2D eigenvalue weighted by Gasteiger charge is -2.35. The van der Waals surface area contributed by atoms with Crippen LogP contribution in [0.2, 0.25) is 5.02 Å². The molecule has 0 bridgehead atoms. The largest absolute Gasteiger partial charge is 0.495 e. The molecule has 19 heavy (non-hydrogen) atoms. The van der Waals surface area contributed by atoms with E-state index >= 15 is 0 Å². The first-order valence-electron chi connectivity index (χ1n) is 6.51. The van der Waals surface area contributed by atoms with Crippen molar-refractivity contribution in [1.29, 1.82) is 0 Å². The van der Waals surface area contributed by atoms with E-state index in [1.54, 1.807) is 7.11 Å². The summed E-state index contributed by atoms with van der Waals surface area (Å²) in [5.41, 5.74) is 7.06. The smallest absolute Gasteiger partial charge is 0.137 e. The van der Waals surface area contributed by atoms with Gasteiger partial charge in [0.25, 0.3) is 0 Å². The molecule has 1 saturated heterocycles. The maximum Gasteiger partial charge on any atom is 0.137 e. The molecule has 1 aromatic rings. The summed E-state index contributed by atoms with van der Waals surface area (Å²) in [6.07, 6.45) is 3.77. The van der Waals surface area contributed by atoms with Gasteiger partial charge in [-0.2, -0.15) is 0 Å². The van der Waals surface area contributed by atoms with E-state index in [-0.39, 0.29) is 12.4 Å². The van der Waals surface area contributed by atoms with Gasteiger partial charge in [0.15, 0.2) is 0 Å². The van der Waals surface area contributed by atoms with E-state index in [0.717, 1.165) is 25.4 Å². The highest BCUT2D eigenvalue weighted by molar-refractivity contribution is 6.32. The van der Waals surface area contributed by atoms with Gasteiger partial charge >= 0.3 is 0 Å². The van der Waals surface area contributed by atoms with Crippen molar-refractivity contribution < 1.29 is 4.74 Å². The highest BCUT2D eigenvalue weighted by Crippen LogP contribution is 2.26. The summed E-state index contributed by atoms with van der Waals surface area (Å²) in [5.74, 6) is 0.731. The van der Waals surface area contributed by atoms with Crippen LogP contribution < -0.4 is 10.5 Å². The molecule has 108 valence electrons. The molecule has 1 unspecified atom stereocenters. The first-order chi connectivity index (χ1) is 8.74. The number of benzene rings is 1. The molecule has 0 amide bonds. The minimum absolute atomic E-state index is 0. The number of rotatable bonds is 4. The van der Waals surface area contributed by atoms with Crippen LogP contribution >= 0.6 is 24.0 Å². The first kappa shape index (κ1) is 16.6. The van der Waals surface area contributed by atoms with Crippen molar-refractivity contribution >= 4 is 24.0 Å². The van der Waals surface area contributed by atoms with Gasteiger partial charge in [0, 0.05) is 19.1 Å².